The Bertz CT molecular complexity index is 1280. The highest BCUT2D eigenvalue weighted by molar-refractivity contribution is 5.97. The van der Waals surface area contributed by atoms with Gasteiger partial charge in [-0.05, 0) is 49.9 Å². The summed E-state index contributed by atoms with van der Waals surface area (Å²) in [6, 6.07) is -5.17. The van der Waals surface area contributed by atoms with Crippen LogP contribution in [-0.4, -0.2) is 130 Å². The van der Waals surface area contributed by atoms with Crippen LogP contribution in [0.2, 0.25) is 0 Å². The van der Waals surface area contributed by atoms with Crippen LogP contribution in [0, 0.1) is 23.7 Å². The van der Waals surface area contributed by atoms with Gasteiger partial charge in [-0.25, -0.2) is 15.6 Å². The van der Waals surface area contributed by atoms with Crippen molar-refractivity contribution in [3.63, 3.8) is 0 Å². The molecule has 0 aliphatic carbocycles. The number of hydrazine groups is 2. The summed E-state index contributed by atoms with van der Waals surface area (Å²) in [6.07, 6.45) is 0.230. The van der Waals surface area contributed by atoms with Crippen LogP contribution in [-0.2, 0) is 33.5 Å². The van der Waals surface area contributed by atoms with E-state index < -0.39 is 83.8 Å². The Morgan fingerprint density at radius 3 is 2.14 bits per heavy atom. The first-order chi connectivity index (χ1) is 23.6. The fraction of sp³-hybridized carbons (Fsp3) is 0.829. The van der Waals surface area contributed by atoms with E-state index in [-0.39, 0.29) is 43.7 Å². The molecule has 15 heteroatoms. The van der Waals surface area contributed by atoms with Gasteiger partial charge < -0.3 is 25.0 Å². The molecule has 0 bridgehead atoms. The van der Waals surface area contributed by atoms with Gasteiger partial charge in [0, 0.05) is 39.0 Å². The van der Waals surface area contributed by atoms with Crippen molar-refractivity contribution in [3.8, 4) is 0 Å². The molecule has 0 saturated carbocycles. The maximum absolute atomic E-state index is 14.5. The average Bonchev–Trinajstić information content (AvgIpc) is 3.50. The van der Waals surface area contributed by atoms with E-state index in [4.69, 9.17) is 4.74 Å². The molecule has 4 aliphatic heterocycles. The molecule has 4 N–H and O–H groups in total. The molecule has 10 atom stereocenters. The number of carbonyl (C=O) groups is 6. The number of likely N-dealkylation sites (N-methyl/N-ethyl adjacent to an activating group) is 1. The zero-order valence-corrected chi connectivity index (χ0v) is 31.0. The lowest BCUT2D eigenvalue weighted by atomic mass is 9.96. The molecule has 282 valence electrons. The molecule has 4 rings (SSSR count). The maximum Gasteiger partial charge on any atom is 0.329 e. The third kappa shape index (κ3) is 8.42. The highest BCUT2D eigenvalue weighted by Crippen LogP contribution is 2.29. The van der Waals surface area contributed by atoms with Crippen molar-refractivity contribution in [1.29, 1.82) is 0 Å². The van der Waals surface area contributed by atoms with Gasteiger partial charge >= 0.3 is 5.97 Å². The second-order valence-electron chi connectivity index (χ2n) is 15.3. The van der Waals surface area contributed by atoms with Gasteiger partial charge in [-0.15, -0.1) is 0 Å². The number of aliphatic hydroxyl groups is 1. The Balaban J connectivity index is 1.85. The predicted octanol–water partition coefficient (Wildman–Crippen LogP) is 0.561. The summed E-state index contributed by atoms with van der Waals surface area (Å²) in [5, 5.41) is 16.0. The second-order valence-corrected chi connectivity index (χ2v) is 15.3. The number of fused-ring (bicyclic) bond motifs is 3. The summed E-state index contributed by atoms with van der Waals surface area (Å²) in [6.45, 7) is 13.9. The van der Waals surface area contributed by atoms with Gasteiger partial charge in [-0.1, -0.05) is 54.9 Å². The molecule has 2 unspecified atom stereocenters. The Labute approximate surface area is 296 Å². The lowest BCUT2D eigenvalue weighted by molar-refractivity contribution is -0.175. The SMILES string of the molecule is CCC(C)[C@@H]1OC(=O)[C@@H](C(C)CC)NC(=O)[C@@H]2C[C@@H](C)CN2C(=O)[C@@H](CC(C)C)N(C)C(=O)[C@@H]2C[C@H](O)CNN2C(=O)[C@@H]2CCCNN2C1=O. The van der Waals surface area contributed by atoms with Crippen molar-refractivity contribution < 1.29 is 38.6 Å². The van der Waals surface area contributed by atoms with Gasteiger partial charge in [0.1, 0.15) is 30.2 Å². The van der Waals surface area contributed by atoms with E-state index in [1.165, 1.54) is 26.9 Å². The van der Waals surface area contributed by atoms with Crippen molar-refractivity contribution in [2.75, 3.05) is 26.7 Å². The topological polar surface area (TPSA) is 181 Å². The zero-order chi connectivity index (χ0) is 37.0. The first kappa shape index (κ1) is 39.5. The average molecular weight is 706 g/mol. The number of nitrogens with zero attached hydrogens (tertiary/aromatic N) is 4. The molecule has 50 heavy (non-hydrogen) atoms. The summed E-state index contributed by atoms with van der Waals surface area (Å²) >= 11 is 0. The number of ether oxygens (including phenoxy) is 1. The number of esters is 1. The van der Waals surface area contributed by atoms with Crippen LogP contribution in [0.25, 0.3) is 0 Å². The van der Waals surface area contributed by atoms with Gasteiger partial charge in [0.05, 0.1) is 6.10 Å². The summed E-state index contributed by atoms with van der Waals surface area (Å²) in [5.74, 6) is -4.16. The van der Waals surface area contributed by atoms with E-state index in [2.05, 4.69) is 16.2 Å². The molecule has 4 heterocycles. The highest BCUT2D eigenvalue weighted by Gasteiger charge is 2.49. The molecule has 0 radical (unpaired) electrons. The quantitative estimate of drug-likeness (QED) is 0.285. The minimum atomic E-state index is -1.27. The molecule has 4 saturated heterocycles. The first-order valence-corrected chi connectivity index (χ1v) is 18.5. The Morgan fingerprint density at radius 1 is 0.840 bits per heavy atom. The number of β-amino-alcohol motifs (C(OH)–C–C–N with tert-alkyl or cyclic N) is 1. The molecule has 15 nitrogen and oxygen atoms in total. The van der Waals surface area contributed by atoms with E-state index >= 15 is 0 Å². The molecular formula is C35H59N7O8. The highest BCUT2D eigenvalue weighted by atomic mass is 16.6. The van der Waals surface area contributed by atoms with E-state index in [1.54, 1.807) is 6.92 Å². The fourth-order valence-corrected chi connectivity index (χ4v) is 7.43. The number of hydrogen-bond acceptors (Lipinski definition) is 10. The van der Waals surface area contributed by atoms with Crippen LogP contribution in [0.15, 0.2) is 0 Å². The second kappa shape index (κ2) is 16.8. The minimum Gasteiger partial charge on any atom is -0.450 e. The normalized spacial score (nSPS) is 33.6. The van der Waals surface area contributed by atoms with Crippen LogP contribution >= 0.6 is 0 Å². The van der Waals surface area contributed by atoms with Crippen molar-refractivity contribution >= 4 is 35.5 Å². The smallest absolute Gasteiger partial charge is 0.329 e. The molecule has 0 aromatic heterocycles. The zero-order valence-electron chi connectivity index (χ0n) is 31.0. The van der Waals surface area contributed by atoms with E-state index in [0.717, 1.165) is 0 Å². The van der Waals surface area contributed by atoms with Gasteiger partial charge in [0.25, 0.3) is 11.8 Å². The van der Waals surface area contributed by atoms with Crippen molar-refractivity contribution in [3.05, 3.63) is 0 Å². The molecular weight excluding hydrogens is 646 g/mol. The van der Waals surface area contributed by atoms with Crippen LogP contribution in [0.3, 0.4) is 0 Å². The molecule has 4 fully saturated rings. The van der Waals surface area contributed by atoms with Crippen LogP contribution < -0.4 is 16.2 Å². The number of nitrogens with one attached hydrogen (secondary N) is 3. The lowest BCUT2D eigenvalue weighted by Crippen LogP contribution is -2.69. The number of carbonyl (C=O) groups excluding carboxylic acids is 6. The summed E-state index contributed by atoms with van der Waals surface area (Å²) < 4.78 is 6.00. The monoisotopic (exact) mass is 705 g/mol. The number of cyclic esters (lactones) is 1. The standard InChI is InChI=1S/C35H59N7O8/c1-9-21(6)28-35(49)50-29(22(7)10-2)34(48)41-24(12-11-13-36-41)33(47)42-27(16-23(43)17-37-42)31(45)39(8)26(14-19(3)4)32(46)40-18-20(5)15-25(40)30(44)38-28/h19-29,36-37,43H,9-18H2,1-8H3,(H,38,44)/t20-,21?,22?,23+,24+,25+,26-,27+,28-,29+/m1/s1. The van der Waals surface area contributed by atoms with Crippen LogP contribution in [0.5, 0.6) is 0 Å². The third-order valence-corrected chi connectivity index (χ3v) is 10.9. The summed E-state index contributed by atoms with van der Waals surface area (Å²) in [4.78, 5) is 88.5. The van der Waals surface area contributed by atoms with E-state index in [1.807, 2.05) is 41.5 Å². The number of amides is 5. The van der Waals surface area contributed by atoms with Gasteiger partial charge in [0.15, 0.2) is 6.10 Å². The minimum absolute atomic E-state index is 0.00642. The lowest BCUT2D eigenvalue weighted by Gasteiger charge is -2.45. The van der Waals surface area contributed by atoms with E-state index in [9.17, 15) is 33.9 Å². The predicted molar refractivity (Wildman–Crippen MR) is 183 cm³/mol. The summed E-state index contributed by atoms with van der Waals surface area (Å²) in [5.41, 5.74) is 5.96. The number of aliphatic hydroxyl groups excluding tert-OH is 1. The number of hydrogen-bond donors (Lipinski definition) is 4. The van der Waals surface area contributed by atoms with Crippen molar-refractivity contribution in [2.45, 2.75) is 136 Å². The van der Waals surface area contributed by atoms with Gasteiger partial charge in [-0.3, -0.25) is 34.0 Å². The van der Waals surface area contributed by atoms with Crippen molar-refractivity contribution in [2.24, 2.45) is 23.7 Å². The molecule has 0 aromatic carbocycles. The van der Waals surface area contributed by atoms with Gasteiger partial charge in [-0.2, -0.15) is 0 Å². The largest absolute Gasteiger partial charge is 0.450 e. The first-order valence-electron chi connectivity index (χ1n) is 18.5. The van der Waals surface area contributed by atoms with Crippen LogP contribution in [0.1, 0.15) is 93.4 Å². The molecule has 4 aliphatic rings. The third-order valence-electron chi connectivity index (χ3n) is 10.9. The Kier molecular flexibility index (Phi) is 13.3. The van der Waals surface area contributed by atoms with Crippen LogP contribution in [0.4, 0.5) is 0 Å². The maximum atomic E-state index is 14.5. The molecule has 5 amide bonds. The van der Waals surface area contributed by atoms with Crippen molar-refractivity contribution in [1.82, 2.24) is 36.0 Å². The van der Waals surface area contributed by atoms with Gasteiger partial charge in [0.2, 0.25) is 17.7 Å². The summed E-state index contributed by atoms with van der Waals surface area (Å²) in [7, 11) is 1.52. The molecule has 0 aromatic rings. The Morgan fingerprint density at radius 2 is 1.50 bits per heavy atom. The Hall–Kier alpha value is -3.30. The number of rotatable bonds is 6. The van der Waals surface area contributed by atoms with E-state index in [0.29, 0.717) is 38.6 Å². The fourth-order valence-electron chi connectivity index (χ4n) is 7.43. The molecule has 0 spiro atoms.